The maximum Gasteiger partial charge on any atom is 0.250 e. The molecule has 0 aromatic carbocycles. The molecule has 0 aliphatic carbocycles. The molecule has 2 fully saturated rings. The van der Waals surface area contributed by atoms with Crippen molar-refractivity contribution in [2.75, 3.05) is 26.7 Å². The number of rotatable bonds is 3. The molecule has 0 bridgehead atoms. The number of nitrogens with zero attached hydrogens (tertiary/aromatic N) is 3. The summed E-state index contributed by atoms with van der Waals surface area (Å²) in [5, 5.41) is 10.0. The standard InChI is InChI=1S/C19H27N3O4/c1-14-4-3-5-17(25)22(14)9-6-16(24)21-10-7-19(8-11-21)12-15(23)13-20(2)18(19)26/h3-5,15,23H,6-13H2,1-2H3. The first-order valence-corrected chi connectivity index (χ1v) is 9.20. The van der Waals surface area contributed by atoms with Crippen LogP contribution in [0.4, 0.5) is 0 Å². The summed E-state index contributed by atoms with van der Waals surface area (Å²) in [6, 6.07) is 5.07. The Balaban J connectivity index is 1.59. The van der Waals surface area contributed by atoms with Gasteiger partial charge in [-0.25, -0.2) is 0 Å². The van der Waals surface area contributed by atoms with Gasteiger partial charge in [0.05, 0.1) is 11.5 Å². The molecule has 2 aliphatic rings. The third-order valence-corrected chi connectivity index (χ3v) is 5.80. The van der Waals surface area contributed by atoms with E-state index in [2.05, 4.69) is 0 Å². The molecule has 1 atom stereocenters. The molecule has 0 radical (unpaired) electrons. The fourth-order valence-corrected chi connectivity index (χ4v) is 4.28. The number of aliphatic hydroxyl groups is 1. The van der Waals surface area contributed by atoms with Crippen molar-refractivity contribution in [2.24, 2.45) is 5.41 Å². The molecule has 1 aromatic heterocycles. The number of likely N-dealkylation sites (N-methyl/N-ethyl adjacent to an activating group) is 1. The Morgan fingerprint density at radius 3 is 2.62 bits per heavy atom. The molecule has 2 saturated heterocycles. The van der Waals surface area contributed by atoms with Crippen molar-refractivity contribution in [2.45, 2.75) is 45.3 Å². The summed E-state index contributed by atoms with van der Waals surface area (Å²) in [7, 11) is 1.73. The second kappa shape index (κ2) is 7.23. The van der Waals surface area contributed by atoms with E-state index < -0.39 is 11.5 Å². The predicted octanol–water partition coefficient (Wildman–Crippen LogP) is 0.379. The van der Waals surface area contributed by atoms with Gasteiger partial charge in [-0.15, -0.1) is 0 Å². The number of aliphatic hydroxyl groups excluding tert-OH is 1. The van der Waals surface area contributed by atoms with Gasteiger partial charge in [-0.3, -0.25) is 14.4 Å². The van der Waals surface area contributed by atoms with E-state index in [1.807, 2.05) is 13.0 Å². The smallest absolute Gasteiger partial charge is 0.250 e. The summed E-state index contributed by atoms with van der Waals surface area (Å²) in [5.41, 5.74) is 0.212. The number of likely N-dealkylation sites (tertiary alicyclic amines) is 2. The summed E-state index contributed by atoms with van der Waals surface area (Å²) < 4.78 is 1.61. The van der Waals surface area contributed by atoms with Crippen LogP contribution in [-0.4, -0.2) is 64.1 Å². The summed E-state index contributed by atoms with van der Waals surface area (Å²) >= 11 is 0. The maximum atomic E-state index is 12.6. The number of pyridine rings is 1. The number of hydrogen-bond donors (Lipinski definition) is 1. The Kier molecular flexibility index (Phi) is 5.18. The fraction of sp³-hybridized carbons (Fsp3) is 0.632. The van der Waals surface area contributed by atoms with Crippen LogP contribution in [-0.2, 0) is 16.1 Å². The monoisotopic (exact) mass is 361 g/mol. The minimum Gasteiger partial charge on any atom is -0.391 e. The summed E-state index contributed by atoms with van der Waals surface area (Å²) in [5.74, 6) is 0.0912. The Labute approximate surface area is 153 Å². The van der Waals surface area contributed by atoms with Crippen molar-refractivity contribution in [3.05, 3.63) is 34.2 Å². The van der Waals surface area contributed by atoms with Crippen molar-refractivity contribution in [3.8, 4) is 0 Å². The van der Waals surface area contributed by atoms with E-state index in [0.717, 1.165) is 5.69 Å². The number of aromatic nitrogens is 1. The molecule has 2 amide bonds. The highest BCUT2D eigenvalue weighted by atomic mass is 16.3. The van der Waals surface area contributed by atoms with Crippen LogP contribution in [0, 0.1) is 12.3 Å². The van der Waals surface area contributed by atoms with Crippen LogP contribution < -0.4 is 5.56 Å². The average molecular weight is 361 g/mol. The minimum atomic E-state index is -0.532. The zero-order valence-electron chi connectivity index (χ0n) is 15.5. The number of hydrogen-bond acceptors (Lipinski definition) is 4. The molecule has 2 aliphatic heterocycles. The normalized spacial score (nSPS) is 22.7. The quantitative estimate of drug-likeness (QED) is 0.844. The van der Waals surface area contributed by atoms with Gasteiger partial charge in [-0.2, -0.15) is 0 Å². The lowest BCUT2D eigenvalue weighted by Gasteiger charge is -2.47. The summed E-state index contributed by atoms with van der Waals surface area (Å²) in [4.78, 5) is 40.4. The first-order valence-electron chi connectivity index (χ1n) is 9.20. The van der Waals surface area contributed by atoms with Gasteiger partial charge < -0.3 is 19.5 Å². The van der Waals surface area contributed by atoms with Gasteiger partial charge in [0.25, 0.3) is 5.56 Å². The van der Waals surface area contributed by atoms with Crippen LogP contribution in [0.2, 0.25) is 0 Å². The Bertz CT molecular complexity index is 749. The van der Waals surface area contributed by atoms with E-state index in [-0.39, 0.29) is 23.8 Å². The highest BCUT2D eigenvalue weighted by molar-refractivity contribution is 5.84. The highest BCUT2D eigenvalue weighted by Crippen LogP contribution is 2.40. The molecule has 7 heteroatoms. The highest BCUT2D eigenvalue weighted by Gasteiger charge is 2.47. The van der Waals surface area contributed by atoms with Gasteiger partial charge >= 0.3 is 0 Å². The second-order valence-electron chi connectivity index (χ2n) is 7.61. The van der Waals surface area contributed by atoms with Crippen LogP contribution >= 0.6 is 0 Å². The van der Waals surface area contributed by atoms with Gasteiger partial charge in [-0.1, -0.05) is 6.07 Å². The molecule has 1 aromatic rings. The lowest BCUT2D eigenvalue weighted by atomic mass is 9.71. The van der Waals surface area contributed by atoms with Crippen molar-refractivity contribution in [1.29, 1.82) is 0 Å². The van der Waals surface area contributed by atoms with E-state index in [1.54, 1.807) is 27.5 Å². The molecule has 7 nitrogen and oxygen atoms in total. The van der Waals surface area contributed by atoms with Gasteiger partial charge in [-0.05, 0) is 32.3 Å². The van der Waals surface area contributed by atoms with E-state index in [9.17, 15) is 19.5 Å². The van der Waals surface area contributed by atoms with Crippen LogP contribution in [0.25, 0.3) is 0 Å². The van der Waals surface area contributed by atoms with E-state index in [0.29, 0.717) is 45.4 Å². The lowest BCUT2D eigenvalue weighted by Crippen LogP contribution is -2.56. The van der Waals surface area contributed by atoms with Crippen molar-refractivity contribution >= 4 is 11.8 Å². The van der Waals surface area contributed by atoms with Crippen molar-refractivity contribution in [1.82, 2.24) is 14.4 Å². The topological polar surface area (TPSA) is 82.8 Å². The molecular formula is C19H27N3O4. The number of aryl methyl sites for hydroxylation is 1. The second-order valence-corrected chi connectivity index (χ2v) is 7.61. The molecule has 1 N–H and O–H groups in total. The zero-order chi connectivity index (χ0) is 18.9. The largest absolute Gasteiger partial charge is 0.391 e. The zero-order valence-corrected chi connectivity index (χ0v) is 15.5. The third kappa shape index (κ3) is 3.53. The number of β-amino-alcohol motifs (C(OH)–C–C–N with tert-alkyl or cyclic N) is 1. The SMILES string of the molecule is Cc1cccc(=O)n1CCC(=O)N1CCC2(CC1)CC(O)CN(C)C2=O. The molecule has 1 spiro atoms. The molecule has 1 unspecified atom stereocenters. The lowest BCUT2D eigenvalue weighted by molar-refractivity contribution is -0.156. The summed E-state index contributed by atoms with van der Waals surface area (Å²) in [6.07, 6.45) is 1.44. The first kappa shape index (κ1) is 18.6. The van der Waals surface area contributed by atoms with Crippen LogP contribution in [0.1, 0.15) is 31.4 Å². The maximum absolute atomic E-state index is 12.6. The Morgan fingerprint density at radius 1 is 1.27 bits per heavy atom. The Hall–Kier alpha value is -2.15. The van der Waals surface area contributed by atoms with Gasteiger partial charge in [0.1, 0.15) is 0 Å². The van der Waals surface area contributed by atoms with Gasteiger partial charge in [0, 0.05) is 51.4 Å². The average Bonchev–Trinajstić information content (AvgIpc) is 2.59. The Morgan fingerprint density at radius 2 is 1.96 bits per heavy atom. The molecule has 3 rings (SSSR count). The fourth-order valence-electron chi connectivity index (χ4n) is 4.28. The number of piperidine rings is 2. The van der Waals surface area contributed by atoms with Crippen molar-refractivity contribution in [3.63, 3.8) is 0 Å². The van der Waals surface area contributed by atoms with Gasteiger partial charge in [0.15, 0.2) is 0 Å². The minimum absolute atomic E-state index is 0.00663. The molecular weight excluding hydrogens is 334 g/mol. The summed E-state index contributed by atoms with van der Waals surface area (Å²) in [6.45, 7) is 3.65. The van der Waals surface area contributed by atoms with Crippen LogP contribution in [0.5, 0.6) is 0 Å². The molecule has 26 heavy (non-hydrogen) atoms. The van der Waals surface area contributed by atoms with Crippen LogP contribution in [0.3, 0.4) is 0 Å². The van der Waals surface area contributed by atoms with E-state index in [4.69, 9.17) is 0 Å². The molecule has 142 valence electrons. The first-order chi connectivity index (χ1) is 12.3. The van der Waals surface area contributed by atoms with Crippen molar-refractivity contribution < 1.29 is 14.7 Å². The van der Waals surface area contributed by atoms with Gasteiger partial charge in [0.2, 0.25) is 11.8 Å². The third-order valence-electron chi connectivity index (χ3n) is 5.80. The van der Waals surface area contributed by atoms with E-state index in [1.165, 1.54) is 6.07 Å². The molecule has 0 saturated carbocycles. The number of amides is 2. The van der Waals surface area contributed by atoms with Crippen LogP contribution in [0.15, 0.2) is 23.0 Å². The number of carbonyl (C=O) groups excluding carboxylic acids is 2. The number of carbonyl (C=O) groups is 2. The van der Waals surface area contributed by atoms with E-state index >= 15 is 0 Å². The molecule has 3 heterocycles. The predicted molar refractivity (Wildman–Crippen MR) is 96.6 cm³/mol.